The molecule has 0 saturated carbocycles. The molecule has 2 fully saturated rings. The van der Waals surface area contributed by atoms with Gasteiger partial charge in [0.2, 0.25) is 5.16 Å². The molecule has 3 amide bonds. The maximum absolute atomic E-state index is 12.9. The van der Waals surface area contributed by atoms with Gasteiger partial charge in [-0.2, -0.15) is 0 Å². The van der Waals surface area contributed by atoms with Crippen LogP contribution in [0.2, 0.25) is 0 Å². The van der Waals surface area contributed by atoms with Crippen LogP contribution in [0.25, 0.3) is 0 Å². The molecule has 1 aromatic heterocycles. The van der Waals surface area contributed by atoms with Gasteiger partial charge < -0.3 is 21.9 Å². The number of phenolic OH excluding ortho intramolecular Hbond substituents is 1. The molecule has 0 spiro atoms. The minimum Gasteiger partial charge on any atom is -1.00 e. The molecular formula is C18H18N7NaO5S. The Hall–Kier alpha value is -2.61. The smallest absolute Gasteiger partial charge is 1.00 e. The summed E-state index contributed by atoms with van der Waals surface area (Å²) in [6.07, 6.45) is 0.396. The van der Waals surface area contributed by atoms with E-state index in [1.54, 1.807) is 19.2 Å². The van der Waals surface area contributed by atoms with Gasteiger partial charge in [-0.25, -0.2) is 14.3 Å². The number of thioether (sulfide) groups is 1. The third-order valence-electron chi connectivity index (χ3n) is 5.69. The van der Waals surface area contributed by atoms with E-state index in [1.807, 2.05) is 0 Å². The molecule has 3 atom stereocenters. The van der Waals surface area contributed by atoms with Gasteiger partial charge in [-0.3, -0.25) is 9.69 Å². The molecule has 2 aromatic rings. The van der Waals surface area contributed by atoms with Crippen LogP contribution in [0.15, 0.2) is 40.0 Å². The number of rotatable bonds is 4. The van der Waals surface area contributed by atoms with Gasteiger partial charge >= 0.3 is 41.6 Å². The van der Waals surface area contributed by atoms with Gasteiger partial charge in [0.15, 0.2) is 0 Å². The van der Waals surface area contributed by atoms with E-state index in [9.17, 15) is 24.6 Å². The van der Waals surface area contributed by atoms with Crippen LogP contribution in [0.5, 0.6) is 5.75 Å². The summed E-state index contributed by atoms with van der Waals surface area (Å²) in [6.45, 7) is 0.315. The Morgan fingerprint density at radius 3 is 2.62 bits per heavy atom. The number of phenols is 1. The summed E-state index contributed by atoms with van der Waals surface area (Å²) in [5, 5.41) is 33.5. The average molecular weight is 467 g/mol. The number of carboxylic acids is 1. The largest absolute Gasteiger partial charge is 1.00 e. The standard InChI is InChI=1S/C18H17N7O5S.Na.H/c1-23-18(20-21-22-23)31-11-6-8-7-24(17(30)19-9-2-4-10(26)5-3-9)14-12(8)25(15(14)27)13(11)16(28)29;;/h2-5,8,12,14,26H,6-7H2,1H3,(H,19,30)(H,28,29);;/q;+1;-1/t8-,12-,14+;;/m1../s1. The summed E-state index contributed by atoms with van der Waals surface area (Å²) in [4.78, 5) is 41.0. The van der Waals surface area contributed by atoms with Crippen LogP contribution in [-0.2, 0) is 16.6 Å². The number of urea groups is 1. The Morgan fingerprint density at radius 2 is 2.00 bits per heavy atom. The SMILES string of the molecule is Cn1nnnc1SC1=C(C(=O)O)N2C(=O)[C@@H]3[C@H]2[C@H](C1)CN3C(=O)Nc1ccc(O)cc1.[H-].[Na+]. The van der Waals surface area contributed by atoms with Gasteiger partial charge in [0, 0.05) is 30.1 Å². The van der Waals surface area contributed by atoms with E-state index in [0.29, 0.717) is 28.7 Å². The number of hydrogen-bond acceptors (Lipinski definition) is 8. The third-order valence-corrected chi connectivity index (χ3v) is 6.83. The number of amides is 3. The average Bonchev–Trinajstić information content (AvgIpc) is 3.30. The van der Waals surface area contributed by atoms with E-state index in [4.69, 9.17) is 0 Å². The van der Waals surface area contributed by atoms with Crippen LogP contribution in [0.1, 0.15) is 7.85 Å². The zero-order valence-electron chi connectivity index (χ0n) is 18.2. The molecule has 162 valence electrons. The number of aromatic nitrogens is 4. The summed E-state index contributed by atoms with van der Waals surface area (Å²) in [5.74, 6) is -1.64. The predicted molar refractivity (Wildman–Crippen MR) is 107 cm³/mol. The van der Waals surface area contributed by atoms with Crippen molar-refractivity contribution < 1.29 is 55.6 Å². The number of β-lactam (4-membered cyclic amide) rings is 1. The fourth-order valence-corrected chi connectivity index (χ4v) is 5.39. The Kier molecular flexibility index (Phi) is 5.92. The second-order valence-corrected chi connectivity index (χ2v) is 8.56. The Bertz CT molecular complexity index is 1140. The molecule has 4 heterocycles. The molecule has 0 unspecified atom stereocenters. The molecular weight excluding hydrogens is 449 g/mol. The number of carbonyl (C=O) groups is 3. The van der Waals surface area contributed by atoms with Crippen molar-refractivity contribution in [3.63, 3.8) is 0 Å². The first kappa shape index (κ1) is 22.6. The summed E-state index contributed by atoms with van der Waals surface area (Å²) in [6, 6.07) is 4.50. The Morgan fingerprint density at radius 1 is 1.28 bits per heavy atom. The van der Waals surface area contributed by atoms with Crippen molar-refractivity contribution in [3.05, 3.63) is 34.9 Å². The second-order valence-electron chi connectivity index (χ2n) is 7.50. The second kappa shape index (κ2) is 8.39. The number of allylic oxidation sites excluding steroid dienone is 1. The zero-order valence-corrected chi connectivity index (χ0v) is 20.0. The maximum Gasteiger partial charge on any atom is 1.00 e. The number of nitrogens with one attached hydrogen (secondary N) is 1. The first-order chi connectivity index (χ1) is 14.8. The molecule has 1 aromatic carbocycles. The Labute approximate surface area is 209 Å². The number of tetrazole rings is 1. The fourth-order valence-electron chi connectivity index (χ4n) is 4.35. The number of carboxylic acid groups (broad SMARTS) is 1. The molecule has 3 N–H and O–H groups in total. The fraction of sp³-hybridized carbons (Fsp3) is 0.333. The number of benzene rings is 1. The van der Waals surface area contributed by atoms with E-state index in [2.05, 4.69) is 20.8 Å². The number of nitrogens with zero attached hydrogens (tertiary/aromatic N) is 6. The van der Waals surface area contributed by atoms with Gasteiger partial charge in [-0.15, -0.1) is 5.10 Å². The van der Waals surface area contributed by atoms with Gasteiger partial charge in [-0.1, -0.05) is 11.8 Å². The van der Waals surface area contributed by atoms with Crippen LogP contribution >= 0.6 is 11.8 Å². The zero-order chi connectivity index (χ0) is 21.9. The van der Waals surface area contributed by atoms with E-state index < -0.39 is 23.9 Å². The predicted octanol–water partition coefficient (Wildman–Crippen LogP) is -2.43. The summed E-state index contributed by atoms with van der Waals surface area (Å²) < 4.78 is 1.43. The van der Waals surface area contributed by atoms with E-state index in [0.717, 1.165) is 11.8 Å². The molecule has 14 heteroatoms. The van der Waals surface area contributed by atoms with Gasteiger partial charge in [0.25, 0.3) is 5.91 Å². The van der Waals surface area contributed by atoms with Crippen molar-refractivity contribution >= 4 is 35.4 Å². The van der Waals surface area contributed by atoms with Crippen molar-refractivity contribution in [2.24, 2.45) is 13.0 Å². The molecule has 0 aliphatic carbocycles. The summed E-state index contributed by atoms with van der Waals surface area (Å²) in [5.41, 5.74) is 0.410. The van der Waals surface area contributed by atoms with Crippen molar-refractivity contribution in [1.29, 1.82) is 0 Å². The van der Waals surface area contributed by atoms with Crippen molar-refractivity contribution in [3.8, 4) is 5.75 Å². The number of aryl methyl sites for hydroxylation is 1. The number of hydrogen-bond donors (Lipinski definition) is 3. The summed E-state index contributed by atoms with van der Waals surface area (Å²) >= 11 is 1.12. The molecule has 12 nitrogen and oxygen atoms in total. The van der Waals surface area contributed by atoms with Crippen LogP contribution < -0.4 is 34.9 Å². The quantitative estimate of drug-likeness (QED) is 0.253. The molecule has 2 saturated heterocycles. The number of likely N-dealkylation sites (tertiary alicyclic amines) is 1. The minimum atomic E-state index is -1.20. The number of aromatic hydroxyl groups is 1. The van der Waals surface area contributed by atoms with Crippen molar-refractivity contribution in [2.45, 2.75) is 23.7 Å². The topological polar surface area (TPSA) is 154 Å². The molecule has 0 radical (unpaired) electrons. The van der Waals surface area contributed by atoms with Crippen LogP contribution in [0.3, 0.4) is 0 Å². The molecule has 0 bridgehead atoms. The van der Waals surface area contributed by atoms with Crippen LogP contribution in [0.4, 0.5) is 10.5 Å². The normalized spacial score (nSPS) is 23.4. The van der Waals surface area contributed by atoms with Crippen molar-refractivity contribution in [2.75, 3.05) is 11.9 Å². The van der Waals surface area contributed by atoms with Gasteiger partial charge in [-0.05, 0) is 41.1 Å². The third kappa shape index (κ3) is 3.54. The van der Waals surface area contributed by atoms with E-state index >= 15 is 0 Å². The number of carbonyl (C=O) groups excluding carboxylic acids is 2. The first-order valence-corrected chi connectivity index (χ1v) is 10.2. The van der Waals surface area contributed by atoms with Gasteiger partial charge in [0.05, 0.1) is 6.04 Å². The molecule has 3 aliphatic rings. The molecule has 3 aliphatic heterocycles. The van der Waals surface area contributed by atoms with Crippen molar-refractivity contribution in [1.82, 2.24) is 30.0 Å². The Balaban J connectivity index is 0.00000153. The number of anilines is 1. The molecule has 5 rings (SSSR count). The van der Waals surface area contributed by atoms with Crippen LogP contribution in [0, 0.1) is 5.92 Å². The first-order valence-electron chi connectivity index (χ1n) is 9.41. The summed E-state index contributed by atoms with van der Waals surface area (Å²) in [7, 11) is 1.64. The minimum absolute atomic E-state index is 0. The van der Waals surface area contributed by atoms with E-state index in [1.165, 1.54) is 26.6 Å². The number of aliphatic carboxylic acids is 1. The molecule has 32 heavy (non-hydrogen) atoms. The van der Waals surface area contributed by atoms with Crippen LogP contribution in [-0.4, -0.2) is 76.8 Å². The van der Waals surface area contributed by atoms with E-state index in [-0.39, 0.29) is 54.4 Å². The maximum atomic E-state index is 12.9. The van der Waals surface area contributed by atoms with Gasteiger partial charge in [0.1, 0.15) is 17.5 Å². The monoisotopic (exact) mass is 467 g/mol.